The molecule has 0 saturated heterocycles. The highest BCUT2D eigenvalue weighted by Crippen LogP contribution is 2.22. The van der Waals surface area contributed by atoms with Crippen molar-refractivity contribution in [3.8, 4) is 5.88 Å². The van der Waals surface area contributed by atoms with Crippen LogP contribution in [0.2, 0.25) is 0 Å². The Kier molecular flexibility index (Phi) is 7.07. The Balaban J connectivity index is 1.52. The van der Waals surface area contributed by atoms with Crippen LogP contribution in [-0.2, 0) is 20.1 Å². The number of rotatable bonds is 7. The maximum Gasteiger partial charge on any atom is 0.213 e. The fourth-order valence-electron chi connectivity index (χ4n) is 3.19. The first kappa shape index (κ1) is 19.2. The van der Waals surface area contributed by atoms with Gasteiger partial charge in [-0.25, -0.2) is 9.98 Å². The molecule has 0 aliphatic heterocycles. The van der Waals surface area contributed by atoms with Crippen LogP contribution in [0, 0.1) is 0 Å². The van der Waals surface area contributed by atoms with Crippen molar-refractivity contribution in [3.05, 3.63) is 41.9 Å². The van der Waals surface area contributed by atoms with Crippen LogP contribution in [-0.4, -0.2) is 33.4 Å². The zero-order valence-electron chi connectivity index (χ0n) is 16.3. The van der Waals surface area contributed by atoms with Crippen LogP contribution in [0.3, 0.4) is 0 Å². The van der Waals surface area contributed by atoms with Gasteiger partial charge in [0, 0.05) is 32.1 Å². The molecular weight excluding hydrogens is 340 g/mol. The van der Waals surface area contributed by atoms with E-state index in [0.29, 0.717) is 19.2 Å². The van der Waals surface area contributed by atoms with Gasteiger partial charge >= 0.3 is 0 Å². The molecule has 0 radical (unpaired) electrons. The highest BCUT2D eigenvalue weighted by atomic mass is 16.5. The quantitative estimate of drug-likeness (QED) is 0.579. The Morgan fingerprint density at radius 1 is 1.22 bits per heavy atom. The lowest BCUT2D eigenvalue weighted by Gasteiger charge is -2.22. The second-order valence-electron chi connectivity index (χ2n) is 6.88. The molecule has 0 bridgehead atoms. The van der Waals surface area contributed by atoms with E-state index in [1.54, 1.807) is 6.20 Å². The van der Waals surface area contributed by atoms with Gasteiger partial charge < -0.3 is 15.4 Å². The largest absolute Gasteiger partial charge is 0.474 e. The number of hydrogen-bond acceptors (Lipinski definition) is 4. The maximum atomic E-state index is 5.99. The fourth-order valence-corrected chi connectivity index (χ4v) is 3.19. The number of hydrogen-bond donors (Lipinski definition) is 2. The summed E-state index contributed by atoms with van der Waals surface area (Å²) in [5, 5.41) is 10.8. The van der Waals surface area contributed by atoms with Gasteiger partial charge in [-0.2, -0.15) is 5.10 Å². The summed E-state index contributed by atoms with van der Waals surface area (Å²) < 4.78 is 7.84. The van der Waals surface area contributed by atoms with Crippen LogP contribution in [0.1, 0.15) is 50.3 Å². The summed E-state index contributed by atoms with van der Waals surface area (Å²) in [6.07, 6.45) is 10.1. The third-order valence-electron chi connectivity index (χ3n) is 4.76. The van der Waals surface area contributed by atoms with Gasteiger partial charge in [-0.05, 0) is 44.2 Å². The molecule has 7 nitrogen and oxygen atoms in total. The smallest absolute Gasteiger partial charge is 0.213 e. The van der Waals surface area contributed by atoms with E-state index >= 15 is 0 Å². The lowest BCUT2D eigenvalue weighted by molar-refractivity contribution is 0.148. The molecule has 0 spiro atoms. The average Bonchev–Trinajstić information content (AvgIpc) is 3.11. The normalized spacial score (nSPS) is 15.6. The topological polar surface area (TPSA) is 76.4 Å². The molecule has 146 valence electrons. The number of pyridine rings is 1. The first-order chi connectivity index (χ1) is 13.2. The Hall–Kier alpha value is -2.57. The van der Waals surface area contributed by atoms with Crippen LogP contribution >= 0.6 is 0 Å². The van der Waals surface area contributed by atoms with Crippen LogP contribution in [0.5, 0.6) is 5.88 Å². The van der Waals surface area contributed by atoms with Crippen LogP contribution in [0.25, 0.3) is 0 Å². The Morgan fingerprint density at radius 3 is 2.74 bits per heavy atom. The SMILES string of the molecule is CCNC(=NCc1ccc(OC2CCCCC2)nc1)NCc1ccnn1C. The van der Waals surface area contributed by atoms with Gasteiger partial charge in [-0.1, -0.05) is 12.5 Å². The van der Waals surface area contributed by atoms with Crippen molar-refractivity contribution < 1.29 is 4.74 Å². The zero-order valence-corrected chi connectivity index (χ0v) is 16.3. The van der Waals surface area contributed by atoms with Gasteiger partial charge in [0.05, 0.1) is 18.8 Å². The Labute approximate surface area is 161 Å². The minimum absolute atomic E-state index is 0.326. The summed E-state index contributed by atoms with van der Waals surface area (Å²) in [4.78, 5) is 9.09. The Morgan fingerprint density at radius 2 is 2.07 bits per heavy atom. The number of nitrogens with zero attached hydrogens (tertiary/aromatic N) is 4. The molecule has 3 rings (SSSR count). The first-order valence-corrected chi connectivity index (χ1v) is 9.85. The maximum absolute atomic E-state index is 5.99. The molecule has 27 heavy (non-hydrogen) atoms. The van der Waals surface area contributed by atoms with E-state index in [2.05, 4.69) is 32.6 Å². The van der Waals surface area contributed by atoms with Gasteiger partial charge in [0.1, 0.15) is 6.10 Å². The van der Waals surface area contributed by atoms with Crippen molar-refractivity contribution >= 4 is 5.96 Å². The Bertz CT molecular complexity index is 718. The number of guanidine groups is 1. The molecule has 0 aromatic carbocycles. The second kappa shape index (κ2) is 9.94. The van der Waals surface area contributed by atoms with Gasteiger partial charge in [-0.15, -0.1) is 0 Å². The highest BCUT2D eigenvalue weighted by Gasteiger charge is 2.15. The molecule has 2 aromatic rings. The minimum atomic E-state index is 0.326. The molecule has 1 fully saturated rings. The third kappa shape index (κ3) is 5.98. The van der Waals surface area contributed by atoms with Crippen molar-refractivity contribution in [2.45, 2.75) is 58.2 Å². The van der Waals surface area contributed by atoms with E-state index in [0.717, 1.165) is 42.5 Å². The molecule has 2 heterocycles. The van der Waals surface area contributed by atoms with Crippen LogP contribution in [0.15, 0.2) is 35.6 Å². The van der Waals surface area contributed by atoms with Crippen molar-refractivity contribution in [3.63, 3.8) is 0 Å². The van der Waals surface area contributed by atoms with Crippen LogP contribution < -0.4 is 15.4 Å². The van der Waals surface area contributed by atoms with Crippen LogP contribution in [0.4, 0.5) is 0 Å². The summed E-state index contributed by atoms with van der Waals surface area (Å²) >= 11 is 0. The number of ether oxygens (including phenoxy) is 1. The monoisotopic (exact) mass is 370 g/mol. The van der Waals surface area contributed by atoms with Crippen molar-refractivity contribution in [2.75, 3.05) is 6.54 Å². The van der Waals surface area contributed by atoms with Gasteiger partial charge in [0.15, 0.2) is 5.96 Å². The summed E-state index contributed by atoms with van der Waals surface area (Å²) in [5.74, 6) is 1.50. The minimum Gasteiger partial charge on any atom is -0.474 e. The van der Waals surface area contributed by atoms with Gasteiger partial charge in [0.25, 0.3) is 0 Å². The molecule has 2 aromatic heterocycles. The summed E-state index contributed by atoms with van der Waals surface area (Å²) in [7, 11) is 1.93. The van der Waals surface area contributed by atoms with E-state index in [9.17, 15) is 0 Å². The fraction of sp³-hybridized carbons (Fsp3) is 0.550. The summed E-state index contributed by atoms with van der Waals surface area (Å²) in [6.45, 7) is 4.11. The molecule has 0 unspecified atom stereocenters. The molecule has 7 heteroatoms. The average molecular weight is 371 g/mol. The van der Waals surface area contributed by atoms with E-state index < -0.39 is 0 Å². The predicted molar refractivity (Wildman–Crippen MR) is 107 cm³/mol. The number of aromatic nitrogens is 3. The molecule has 2 N–H and O–H groups in total. The summed E-state index contributed by atoms with van der Waals surface area (Å²) in [6, 6.07) is 5.99. The second-order valence-corrected chi connectivity index (χ2v) is 6.88. The number of aryl methyl sites for hydroxylation is 1. The zero-order chi connectivity index (χ0) is 18.9. The number of aliphatic imine (C=N–C) groups is 1. The number of nitrogens with one attached hydrogen (secondary N) is 2. The molecule has 1 aliphatic rings. The van der Waals surface area contributed by atoms with E-state index in [1.165, 1.54) is 19.3 Å². The molecule has 1 saturated carbocycles. The van der Waals surface area contributed by atoms with Crippen molar-refractivity contribution in [2.24, 2.45) is 12.0 Å². The molecule has 0 amide bonds. The van der Waals surface area contributed by atoms with E-state index in [-0.39, 0.29) is 0 Å². The van der Waals surface area contributed by atoms with Crippen molar-refractivity contribution in [1.82, 2.24) is 25.4 Å². The van der Waals surface area contributed by atoms with Crippen molar-refractivity contribution in [1.29, 1.82) is 0 Å². The highest BCUT2D eigenvalue weighted by molar-refractivity contribution is 5.79. The summed E-state index contributed by atoms with van der Waals surface area (Å²) in [5.41, 5.74) is 2.16. The van der Waals surface area contributed by atoms with E-state index in [1.807, 2.05) is 36.1 Å². The molecule has 1 aliphatic carbocycles. The molecular formula is C20H30N6O. The van der Waals surface area contributed by atoms with E-state index in [4.69, 9.17) is 4.74 Å². The lowest BCUT2D eigenvalue weighted by Crippen LogP contribution is -2.37. The lowest BCUT2D eigenvalue weighted by atomic mass is 9.98. The predicted octanol–water partition coefficient (Wildman–Crippen LogP) is 2.78. The molecule has 0 atom stereocenters. The van der Waals surface area contributed by atoms with Gasteiger partial charge in [0.2, 0.25) is 5.88 Å². The third-order valence-corrected chi connectivity index (χ3v) is 4.76. The first-order valence-electron chi connectivity index (χ1n) is 9.85. The van der Waals surface area contributed by atoms with Gasteiger partial charge in [-0.3, -0.25) is 4.68 Å². The standard InChI is InChI=1S/C20H30N6O/c1-3-21-20(24-15-17-11-12-25-26(17)2)23-14-16-9-10-19(22-13-16)27-18-7-5-4-6-8-18/h9-13,18H,3-8,14-15H2,1-2H3,(H2,21,23,24).